The van der Waals surface area contributed by atoms with Crippen molar-refractivity contribution in [2.45, 2.75) is 19.3 Å². The quantitative estimate of drug-likeness (QED) is 0.487. The van der Waals surface area contributed by atoms with Gasteiger partial charge in [-0.05, 0) is 26.0 Å². The van der Waals surface area contributed by atoms with Gasteiger partial charge in [-0.3, -0.25) is 14.8 Å². The van der Waals surface area contributed by atoms with Crippen molar-refractivity contribution in [3.63, 3.8) is 0 Å². The number of pyridine rings is 1. The SMILES string of the molecule is CN(C)C(=O)C(C)(C)c1cc(-c2cncc(-c3cc(-c4ccccc4)no3)n2)ccn1. The van der Waals surface area contributed by atoms with E-state index >= 15 is 0 Å². The summed E-state index contributed by atoms with van der Waals surface area (Å²) in [5.41, 5.74) is 3.66. The van der Waals surface area contributed by atoms with Gasteiger partial charge in [-0.1, -0.05) is 35.5 Å². The van der Waals surface area contributed by atoms with Crippen molar-refractivity contribution in [3.8, 4) is 34.0 Å². The molecule has 7 nitrogen and oxygen atoms in total. The molecule has 4 aromatic rings. The van der Waals surface area contributed by atoms with Gasteiger partial charge in [-0.15, -0.1) is 0 Å². The maximum atomic E-state index is 12.6. The van der Waals surface area contributed by atoms with Gasteiger partial charge in [0, 0.05) is 37.5 Å². The summed E-state index contributed by atoms with van der Waals surface area (Å²) in [6, 6.07) is 15.4. The molecule has 31 heavy (non-hydrogen) atoms. The van der Waals surface area contributed by atoms with Crippen LogP contribution in [0, 0.1) is 0 Å². The smallest absolute Gasteiger partial charge is 0.233 e. The molecule has 0 aliphatic carbocycles. The van der Waals surface area contributed by atoms with E-state index in [4.69, 9.17) is 9.51 Å². The second-order valence-corrected chi connectivity index (χ2v) is 7.99. The standard InChI is InChI=1S/C24H23N5O2/c1-24(2,23(30)29(3)4)22-12-17(10-11-26-22)19-14-25-15-20(27-19)21-13-18(28-31-21)16-8-6-5-7-9-16/h5-15H,1-4H3. The lowest BCUT2D eigenvalue weighted by molar-refractivity contribution is -0.133. The Kier molecular flexibility index (Phi) is 5.33. The number of benzene rings is 1. The fourth-order valence-corrected chi connectivity index (χ4v) is 3.36. The van der Waals surface area contributed by atoms with Crippen LogP contribution >= 0.6 is 0 Å². The van der Waals surface area contributed by atoms with Crippen molar-refractivity contribution < 1.29 is 9.32 Å². The molecule has 0 saturated heterocycles. The summed E-state index contributed by atoms with van der Waals surface area (Å²) in [5, 5.41) is 4.15. The zero-order chi connectivity index (χ0) is 22.0. The van der Waals surface area contributed by atoms with Gasteiger partial charge in [0.05, 0.1) is 29.2 Å². The topological polar surface area (TPSA) is 85.0 Å². The van der Waals surface area contributed by atoms with Crippen LogP contribution in [-0.2, 0) is 10.2 Å². The van der Waals surface area contributed by atoms with Crippen molar-refractivity contribution in [3.05, 3.63) is 72.8 Å². The molecule has 0 fully saturated rings. The normalized spacial score (nSPS) is 11.4. The maximum Gasteiger partial charge on any atom is 0.233 e. The first kappa shape index (κ1) is 20.4. The van der Waals surface area contributed by atoms with Crippen molar-refractivity contribution in [1.29, 1.82) is 0 Å². The van der Waals surface area contributed by atoms with Crippen molar-refractivity contribution in [2.75, 3.05) is 14.1 Å². The second-order valence-electron chi connectivity index (χ2n) is 7.99. The molecule has 0 aliphatic rings. The van der Waals surface area contributed by atoms with Crippen molar-refractivity contribution in [2.24, 2.45) is 0 Å². The molecule has 0 radical (unpaired) electrons. The van der Waals surface area contributed by atoms with E-state index in [1.807, 2.05) is 62.4 Å². The fourth-order valence-electron chi connectivity index (χ4n) is 3.36. The van der Waals surface area contributed by atoms with Crippen LogP contribution < -0.4 is 0 Å². The van der Waals surface area contributed by atoms with Gasteiger partial charge in [0.2, 0.25) is 5.91 Å². The highest BCUT2D eigenvalue weighted by Gasteiger charge is 2.32. The average Bonchev–Trinajstić information content (AvgIpc) is 3.30. The third-order valence-electron chi connectivity index (χ3n) is 5.10. The highest BCUT2D eigenvalue weighted by Crippen LogP contribution is 2.29. The first-order valence-electron chi connectivity index (χ1n) is 9.89. The predicted octanol–water partition coefficient (Wildman–Crippen LogP) is 4.23. The molecule has 0 spiro atoms. The summed E-state index contributed by atoms with van der Waals surface area (Å²) in [4.78, 5) is 27.6. The molecular weight excluding hydrogens is 390 g/mol. The minimum absolute atomic E-state index is 0.0212. The number of likely N-dealkylation sites (N-methyl/N-ethyl adjacent to an activating group) is 1. The van der Waals surface area contributed by atoms with Gasteiger partial charge in [-0.25, -0.2) is 4.98 Å². The lowest BCUT2D eigenvalue weighted by Crippen LogP contribution is -2.39. The van der Waals surface area contributed by atoms with Gasteiger partial charge < -0.3 is 9.42 Å². The largest absolute Gasteiger partial charge is 0.354 e. The Labute approximate surface area is 180 Å². The summed E-state index contributed by atoms with van der Waals surface area (Å²) in [5.74, 6) is 0.512. The van der Waals surface area contributed by atoms with E-state index in [-0.39, 0.29) is 5.91 Å². The van der Waals surface area contributed by atoms with Gasteiger partial charge in [0.15, 0.2) is 5.76 Å². The van der Waals surface area contributed by atoms with Gasteiger partial charge >= 0.3 is 0 Å². The van der Waals surface area contributed by atoms with Crippen LogP contribution in [0.25, 0.3) is 34.0 Å². The Morgan fingerprint density at radius 2 is 1.68 bits per heavy atom. The number of carbonyl (C=O) groups excluding carboxylic acids is 1. The summed E-state index contributed by atoms with van der Waals surface area (Å²) in [7, 11) is 3.48. The number of amides is 1. The van der Waals surface area contributed by atoms with Crippen LogP contribution in [0.5, 0.6) is 0 Å². The molecule has 3 aromatic heterocycles. The van der Waals surface area contributed by atoms with Gasteiger partial charge in [-0.2, -0.15) is 0 Å². The van der Waals surface area contributed by atoms with E-state index in [2.05, 4.69) is 15.1 Å². The number of rotatable bonds is 5. The van der Waals surface area contributed by atoms with Crippen LogP contribution in [0.3, 0.4) is 0 Å². The summed E-state index contributed by atoms with van der Waals surface area (Å²) < 4.78 is 5.52. The van der Waals surface area contributed by atoms with E-state index in [0.717, 1.165) is 16.8 Å². The van der Waals surface area contributed by atoms with E-state index in [0.29, 0.717) is 22.8 Å². The Balaban J connectivity index is 1.67. The van der Waals surface area contributed by atoms with Gasteiger partial charge in [0.25, 0.3) is 0 Å². The number of hydrogen-bond acceptors (Lipinski definition) is 6. The third-order valence-corrected chi connectivity index (χ3v) is 5.10. The summed E-state index contributed by atoms with van der Waals surface area (Å²) in [6.45, 7) is 3.73. The molecule has 1 aromatic carbocycles. The van der Waals surface area contributed by atoms with E-state index in [1.165, 1.54) is 0 Å². The Bertz CT molecular complexity index is 1220. The van der Waals surface area contributed by atoms with E-state index < -0.39 is 5.41 Å². The van der Waals surface area contributed by atoms with Crippen molar-refractivity contribution in [1.82, 2.24) is 25.0 Å². The Morgan fingerprint density at radius 1 is 0.935 bits per heavy atom. The lowest BCUT2D eigenvalue weighted by atomic mass is 9.86. The molecule has 0 bridgehead atoms. The molecule has 0 saturated carbocycles. The first-order chi connectivity index (χ1) is 14.9. The third kappa shape index (κ3) is 4.07. The lowest BCUT2D eigenvalue weighted by Gasteiger charge is -2.26. The second kappa shape index (κ2) is 8.10. The zero-order valence-electron chi connectivity index (χ0n) is 17.9. The van der Waals surface area contributed by atoms with Crippen LogP contribution in [0.1, 0.15) is 19.5 Å². The number of aromatic nitrogens is 4. The maximum absolute atomic E-state index is 12.6. The van der Waals surface area contributed by atoms with Crippen molar-refractivity contribution >= 4 is 5.91 Å². The van der Waals surface area contributed by atoms with Gasteiger partial charge in [0.1, 0.15) is 11.4 Å². The molecular formula is C24H23N5O2. The minimum atomic E-state index is -0.764. The zero-order valence-corrected chi connectivity index (χ0v) is 17.9. The molecule has 156 valence electrons. The van der Waals surface area contributed by atoms with E-state index in [1.54, 1.807) is 37.6 Å². The molecule has 0 atom stereocenters. The number of carbonyl (C=O) groups is 1. The number of nitrogens with zero attached hydrogens (tertiary/aromatic N) is 5. The minimum Gasteiger partial charge on any atom is -0.354 e. The molecule has 3 heterocycles. The van der Waals surface area contributed by atoms with Crippen LogP contribution in [0.2, 0.25) is 0 Å². The Morgan fingerprint density at radius 3 is 2.42 bits per heavy atom. The highest BCUT2D eigenvalue weighted by molar-refractivity contribution is 5.86. The molecule has 1 amide bonds. The molecule has 4 rings (SSSR count). The monoisotopic (exact) mass is 413 g/mol. The van der Waals surface area contributed by atoms with Crippen LogP contribution in [-0.4, -0.2) is 45.0 Å². The highest BCUT2D eigenvalue weighted by atomic mass is 16.5. The molecule has 7 heteroatoms. The summed E-state index contributed by atoms with van der Waals surface area (Å²) >= 11 is 0. The van der Waals surface area contributed by atoms with Crippen LogP contribution in [0.15, 0.2) is 71.6 Å². The predicted molar refractivity (Wildman–Crippen MR) is 118 cm³/mol. The molecule has 0 unspecified atom stereocenters. The molecule has 0 aliphatic heterocycles. The number of hydrogen-bond donors (Lipinski definition) is 0. The fraction of sp³-hybridized carbons (Fsp3) is 0.208. The van der Waals surface area contributed by atoms with E-state index in [9.17, 15) is 4.79 Å². The Hall–Kier alpha value is -3.87. The molecule has 0 N–H and O–H groups in total. The first-order valence-corrected chi connectivity index (χ1v) is 9.89. The summed E-state index contributed by atoms with van der Waals surface area (Å²) in [6.07, 6.45) is 5.00. The average molecular weight is 413 g/mol. The van der Waals surface area contributed by atoms with Crippen LogP contribution in [0.4, 0.5) is 0 Å².